The van der Waals surface area contributed by atoms with Crippen LogP contribution in [0.15, 0.2) is 6.20 Å². The van der Waals surface area contributed by atoms with Crippen molar-refractivity contribution in [2.24, 2.45) is 5.92 Å². The van der Waals surface area contributed by atoms with Gasteiger partial charge in [-0.3, -0.25) is 5.10 Å². The van der Waals surface area contributed by atoms with Crippen LogP contribution in [-0.2, 0) is 0 Å². The van der Waals surface area contributed by atoms with Crippen LogP contribution in [0.1, 0.15) is 39.5 Å². The normalized spacial score (nSPS) is 16.6. The predicted molar refractivity (Wildman–Crippen MR) is 85.7 cm³/mol. The number of hydrogen-bond acceptors (Lipinski definition) is 5. The Balaban J connectivity index is 1.87. The monoisotopic (exact) mass is 288 g/mol. The lowest BCUT2D eigenvalue weighted by Gasteiger charge is -2.32. The highest BCUT2D eigenvalue weighted by Gasteiger charge is 2.22. The second-order valence-corrected chi connectivity index (χ2v) is 5.77. The molecular weight excluding hydrogens is 264 g/mol. The number of aromatic nitrogens is 4. The Labute approximate surface area is 125 Å². The number of rotatable bonds is 5. The summed E-state index contributed by atoms with van der Waals surface area (Å²) in [6.45, 7) is 7.45. The van der Waals surface area contributed by atoms with Gasteiger partial charge in [0.1, 0.15) is 5.82 Å². The number of piperidine rings is 1. The van der Waals surface area contributed by atoms with E-state index in [1.165, 1.54) is 19.3 Å². The largest absolute Gasteiger partial charge is 0.356 e. The summed E-state index contributed by atoms with van der Waals surface area (Å²) in [5, 5.41) is 11.4. The molecule has 1 aliphatic heterocycles. The molecule has 0 aliphatic carbocycles. The molecule has 0 bridgehead atoms. The lowest BCUT2D eigenvalue weighted by molar-refractivity contribution is 0.394. The summed E-state index contributed by atoms with van der Waals surface area (Å²) in [6.07, 6.45) is 6.67. The highest BCUT2D eigenvalue weighted by molar-refractivity contribution is 5.87. The fourth-order valence-corrected chi connectivity index (χ4v) is 2.93. The van der Waals surface area contributed by atoms with Crippen LogP contribution < -0.4 is 10.2 Å². The molecule has 21 heavy (non-hydrogen) atoms. The third kappa shape index (κ3) is 2.94. The highest BCUT2D eigenvalue weighted by atomic mass is 15.3. The molecule has 0 amide bonds. The van der Waals surface area contributed by atoms with E-state index in [4.69, 9.17) is 4.98 Å². The first-order chi connectivity index (χ1) is 10.3. The lowest BCUT2D eigenvalue weighted by atomic mass is 9.94. The molecule has 0 aromatic carbocycles. The van der Waals surface area contributed by atoms with E-state index in [1.807, 2.05) is 6.20 Å². The van der Waals surface area contributed by atoms with Gasteiger partial charge in [0.2, 0.25) is 5.95 Å². The van der Waals surface area contributed by atoms with Gasteiger partial charge in [0, 0.05) is 19.6 Å². The van der Waals surface area contributed by atoms with Gasteiger partial charge in [-0.1, -0.05) is 20.3 Å². The summed E-state index contributed by atoms with van der Waals surface area (Å²) in [5.41, 5.74) is 0.816. The summed E-state index contributed by atoms with van der Waals surface area (Å²) >= 11 is 0. The molecule has 0 saturated carbocycles. The second kappa shape index (κ2) is 6.28. The van der Waals surface area contributed by atoms with Crippen LogP contribution in [0.3, 0.4) is 0 Å². The Kier molecular flexibility index (Phi) is 4.22. The van der Waals surface area contributed by atoms with Crippen LogP contribution in [0.25, 0.3) is 11.0 Å². The van der Waals surface area contributed by atoms with Crippen LogP contribution in [-0.4, -0.2) is 39.8 Å². The van der Waals surface area contributed by atoms with E-state index in [2.05, 4.69) is 39.2 Å². The zero-order valence-corrected chi connectivity index (χ0v) is 12.9. The minimum Gasteiger partial charge on any atom is -0.356 e. The number of anilines is 2. The van der Waals surface area contributed by atoms with Gasteiger partial charge in [-0.2, -0.15) is 15.1 Å². The maximum Gasteiger partial charge on any atom is 0.226 e. The number of aromatic amines is 1. The van der Waals surface area contributed by atoms with Crippen molar-refractivity contribution in [3.63, 3.8) is 0 Å². The van der Waals surface area contributed by atoms with Crippen molar-refractivity contribution in [1.29, 1.82) is 0 Å². The number of nitrogens with one attached hydrogen (secondary N) is 2. The molecule has 1 aliphatic rings. The summed E-state index contributed by atoms with van der Waals surface area (Å²) in [5.74, 6) is 2.57. The molecule has 0 atom stereocenters. The van der Waals surface area contributed by atoms with E-state index in [0.717, 1.165) is 48.8 Å². The van der Waals surface area contributed by atoms with Crippen LogP contribution >= 0.6 is 0 Å². The summed E-state index contributed by atoms with van der Waals surface area (Å²) < 4.78 is 0. The third-order valence-corrected chi connectivity index (χ3v) is 4.31. The topological polar surface area (TPSA) is 69.7 Å². The first-order valence-electron chi connectivity index (χ1n) is 8.01. The van der Waals surface area contributed by atoms with Crippen molar-refractivity contribution in [2.75, 3.05) is 29.9 Å². The summed E-state index contributed by atoms with van der Waals surface area (Å²) in [4.78, 5) is 11.6. The van der Waals surface area contributed by atoms with Crippen molar-refractivity contribution < 1.29 is 0 Å². The van der Waals surface area contributed by atoms with Gasteiger partial charge in [-0.05, 0) is 25.2 Å². The Morgan fingerprint density at radius 2 is 2.10 bits per heavy atom. The average molecular weight is 288 g/mol. The molecule has 3 rings (SSSR count). The van der Waals surface area contributed by atoms with Gasteiger partial charge in [0.15, 0.2) is 5.65 Å². The molecule has 2 N–H and O–H groups in total. The maximum atomic E-state index is 4.73. The molecule has 2 aromatic heterocycles. The first kappa shape index (κ1) is 14.1. The van der Waals surface area contributed by atoms with E-state index in [1.54, 1.807) is 0 Å². The van der Waals surface area contributed by atoms with E-state index >= 15 is 0 Å². The minimum absolute atomic E-state index is 0.696. The number of fused-ring (bicyclic) bond motifs is 1. The average Bonchev–Trinajstić information content (AvgIpc) is 3.00. The Hall–Kier alpha value is -1.85. The Bertz CT molecular complexity index is 585. The van der Waals surface area contributed by atoms with Gasteiger partial charge < -0.3 is 10.2 Å². The van der Waals surface area contributed by atoms with Gasteiger partial charge in [-0.25, -0.2) is 0 Å². The second-order valence-electron chi connectivity index (χ2n) is 5.77. The van der Waals surface area contributed by atoms with E-state index in [-0.39, 0.29) is 0 Å². The Morgan fingerprint density at radius 3 is 2.81 bits per heavy atom. The van der Waals surface area contributed by atoms with Crippen LogP contribution in [0, 0.1) is 5.92 Å². The number of H-pyrrole nitrogens is 1. The first-order valence-corrected chi connectivity index (χ1v) is 8.01. The van der Waals surface area contributed by atoms with Crippen LogP contribution in [0.4, 0.5) is 11.8 Å². The number of hydrogen-bond donors (Lipinski definition) is 2. The van der Waals surface area contributed by atoms with Crippen molar-refractivity contribution in [3.05, 3.63) is 6.20 Å². The SMILES string of the molecule is CCCNc1nc(N2CCC(CC)CC2)c2cn[nH]c2n1. The third-order valence-electron chi connectivity index (χ3n) is 4.31. The Morgan fingerprint density at radius 1 is 1.29 bits per heavy atom. The van der Waals surface area contributed by atoms with Crippen molar-refractivity contribution in [1.82, 2.24) is 20.2 Å². The summed E-state index contributed by atoms with van der Waals surface area (Å²) in [7, 11) is 0. The smallest absolute Gasteiger partial charge is 0.226 e. The van der Waals surface area contributed by atoms with Gasteiger partial charge in [0.25, 0.3) is 0 Å². The van der Waals surface area contributed by atoms with Crippen molar-refractivity contribution in [3.8, 4) is 0 Å². The van der Waals surface area contributed by atoms with Crippen LogP contribution in [0.5, 0.6) is 0 Å². The van der Waals surface area contributed by atoms with Gasteiger partial charge in [0.05, 0.1) is 11.6 Å². The zero-order chi connectivity index (χ0) is 14.7. The molecule has 114 valence electrons. The molecule has 2 aromatic rings. The highest BCUT2D eigenvalue weighted by Crippen LogP contribution is 2.29. The molecule has 3 heterocycles. The van der Waals surface area contributed by atoms with E-state index < -0.39 is 0 Å². The number of nitrogens with zero attached hydrogens (tertiary/aromatic N) is 4. The van der Waals surface area contributed by atoms with Gasteiger partial charge >= 0.3 is 0 Å². The fraction of sp³-hybridized carbons (Fsp3) is 0.667. The molecule has 0 radical (unpaired) electrons. The standard InChI is InChI=1S/C15H24N6/c1-3-7-16-15-18-13-12(10-17-20-13)14(19-15)21-8-5-11(4-2)6-9-21/h10-11H,3-9H2,1-2H3,(H2,16,17,18,19,20). The van der Waals surface area contributed by atoms with Gasteiger partial charge in [-0.15, -0.1) is 0 Å². The molecule has 6 nitrogen and oxygen atoms in total. The van der Waals surface area contributed by atoms with Crippen molar-refractivity contribution >= 4 is 22.8 Å². The van der Waals surface area contributed by atoms with Crippen LogP contribution in [0.2, 0.25) is 0 Å². The maximum absolute atomic E-state index is 4.73. The quantitative estimate of drug-likeness (QED) is 0.885. The summed E-state index contributed by atoms with van der Waals surface area (Å²) in [6, 6.07) is 0. The van der Waals surface area contributed by atoms with E-state index in [0.29, 0.717) is 5.95 Å². The predicted octanol–water partition coefficient (Wildman–Crippen LogP) is 2.80. The molecule has 1 saturated heterocycles. The lowest BCUT2D eigenvalue weighted by Crippen LogP contribution is -2.34. The van der Waals surface area contributed by atoms with Crippen molar-refractivity contribution in [2.45, 2.75) is 39.5 Å². The van der Waals surface area contributed by atoms with E-state index in [9.17, 15) is 0 Å². The molecule has 0 spiro atoms. The molecule has 1 fully saturated rings. The molecule has 6 heteroatoms. The zero-order valence-electron chi connectivity index (χ0n) is 12.9. The fourth-order valence-electron chi connectivity index (χ4n) is 2.93. The molecule has 0 unspecified atom stereocenters. The molecular formula is C15H24N6. The minimum atomic E-state index is 0.696.